The van der Waals surface area contributed by atoms with Gasteiger partial charge in [0.2, 0.25) is 5.91 Å². The Balaban J connectivity index is 2.31. The van der Waals surface area contributed by atoms with E-state index in [4.69, 9.17) is 0 Å². The van der Waals surface area contributed by atoms with Crippen LogP contribution in [-0.2, 0) is 4.79 Å². The summed E-state index contributed by atoms with van der Waals surface area (Å²) in [6.45, 7) is 7.91. The quantitative estimate of drug-likeness (QED) is 0.657. The molecular formula is C11H23N3O2. The minimum atomic E-state index is -0.656. The summed E-state index contributed by atoms with van der Waals surface area (Å²) in [6.07, 6.45) is 0. The van der Waals surface area contributed by atoms with Gasteiger partial charge in [-0.15, -0.1) is 0 Å². The molecule has 0 aromatic rings. The average Bonchev–Trinajstić information content (AvgIpc) is 2.16. The highest BCUT2D eigenvalue weighted by Crippen LogP contribution is 2.08. The van der Waals surface area contributed by atoms with E-state index in [2.05, 4.69) is 10.2 Å². The third-order valence-corrected chi connectivity index (χ3v) is 2.66. The summed E-state index contributed by atoms with van der Waals surface area (Å²) in [5.41, 5.74) is -0.656. The SMILES string of the molecule is CNCC(=O)N1CCN(CC(C)(C)O)CC1. The topological polar surface area (TPSA) is 55.8 Å². The Bertz CT molecular complexity index is 230. The zero-order valence-electron chi connectivity index (χ0n) is 10.5. The molecule has 1 aliphatic heterocycles. The van der Waals surface area contributed by atoms with Gasteiger partial charge in [0.1, 0.15) is 0 Å². The number of piperazine rings is 1. The zero-order valence-corrected chi connectivity index (χ0v) is 10.5. The highest BCUT2D eigenvalue weighted by Gasteiger charge is 2.24. The fraction of sp³-hybridized carbons (Fsp3) is 0.909. The summed E-state index contributed by atoms with van der Waals surface area (Å²) >= 11 is 0. The molecule has 2 N–H and O–H groups in total. The molecule has 5 heteroatoms. The largest absolute Gasteiger partial charge is 0.389 e. The van der Waals surface area contributed by atoms with Crippen LogP contribution >= 0.6 is 0 Å². The number of β-amino-alcohol motifs (C(OH)–C–C–N with tert-alkyl or cyclic N) is 1. The molecule has 0 radical (unpaired) electrons. The molecular weight excluding hydrogens is 206 g/mol. The van der Waals surface area contributed by atoms with Crippen molar-refractivity contribution >= 4 is 5.91 Å². The summed E-state index contributed by atoms with van der Waals surface area (Å²) in [6, 6.07) is 0. The molecule has 0 atom stereocenters. The first-order valence-electron chi connectivity index (χ1n) is 5.79. The summed E-state index contributed by atoms with van der Waals surface area (Å²) < 4.78 is 0. The van der Waals surface area contributed by atoms with Gasteiger partial charge in [-0.2, -0.15) is 0 Å². The standard InChI is InChI=1S/C11H23N3O2/c1-11(2,16)9-13-4-6-14(7-5-13)10(15)8-12-3/h12,16H,4-9H2,1-3H3. The van der Waals surface area contributed by atoms with E-state index >= 15 is 0 Å². The third kappa shape index (κ3) is 4.47. The number of rotatable bonds is 4. The van der Waals surface area contributed by atoms with Crippen LogP contribution in [0.1, 0.15) is 13.8 Å². The average molecular weight is 229 g/mol. The van der Waals surface area contributed by atoms with E-state index in [1.807, 2.05) is 18.7 Å². The summed E-state index contributed by atoms with van der Waals surface area (Å²) in [7, 11) is 1.78. The van der Waals surface area contributed by atoms with Crippen LogP contribution in [0.3, 0.4) is 0 Å². The monoisotopic (exact) mass is 229 g/mol. The molecule has 0 saturated carbocycles. The zero-order chi connectivity index (χ0) is 12.2. The molecule has 16 heavy (non-hydrogen) atoms. The molecule has 1 saturated heterocycles. The fourth-order valence-electron chi connectivity index (χ4n) is 1.97. The molecule has 0 unspecified atom stereocenters. The second kappa shape index (κ2) is 5.61. The molecule has 1 aliphatic rings. The van der Waals surface area contributed by atoms with Gasteiger partial charge < -0.3 is 15.3 Å². The van der Waals surface area contributed by atoms with Gasteiger partial charge in [0.15, 0.2) is 0 Å². The summed E-state index contributed by atoms with van der Waals surface area (Å²) in [4.78, 5) is 15.7. The van der Waals surface area contributed by atoms with Gasteiger partial charge in [0, 0.05) is 32.7 Å². The predicted molar refractivity (Wildman–Crippen MR) is 63.2 cm³/mol. The van der Waals surface area contributed by atoms with Crippen molar-refractivity contribution in [2.75, 3.05) is 46.3 Å². The van der Waals surface area contributed by atoms with Gasteiger partial charge >= 0.3 is 0 Å². The van der Waals surface area contributed by atoms with Crippen molar-refractivity contribution in [1.82, 2.24) is 15.1 Å². The van der Waals surface area contributed by atoms with E-state index in [-0.39, 0.29) is 5.91 Å². The lowest BCUT2D eigenvalue weighted by Crippen LogP contribution is -2.53. The number of hydrogen-bond acceptors (Lipinski definition) is 4. The van der Waals surface area contributed by atoms with Crippen molar-refractivity contribution in [1.29, 1.82) is 0 Å². The highest BCUT2D eigenvalue weighted by molar-refractivity contribution is 5.78. The second-order valence-electron chi connectivity index (χ2n) is 5.00. The van der Waals surface area contributed by atoms with Gasteiger partial charge in [-0.1, -0.05) is 0 Å². The third-order valence-electron chi connectivity index (χ3n) is 2.66. The highest BCUT2D eigenvalue weighted by atomic mass is 16.3. The molecule has 1 rings (SSSR count). The predicted octanol–water partition coefficient (Wildman–Crippen LogP) is -0.879. The Morgan fingerprint density at radius 1 is 1.31 bits per heavy atom. The van der Waals surface area contributed by atoms with Crippen molar-refractivity contribution in [3.05, 3.63) is 0 Å². The number of carbonyl (C=O) groups excluding carboxylic acids is 1. The number of amides is 1. The number of likely N-dealkylation sites (N-methyl/N-ethyl adjacent to an activating group) is 1. The Hall–Kier alpha value is -0.650. The van der Waals surface area contributed by atoms with Crippen LogP contribution in [0.5, 0.6) is 0 Å². The van der Waals surface area contributed by atoms with Crippen LogP contribution in [0.2, 0.25) is 0 Å². The maximum atomic E-state index is 11.6. The lowest BCUT2D eigenvalue weighted by Gasteiger charge is -2.37. The number of nitrogens with one attached hydrogen (secondary N) is 1. The van der Waals surface area contributed by atoms with Gasteiger partial charge in [0.05, 0.1) is 12.1 Å². The summed E-state index contributed by atoms with van der Waals surface area (Å²) in [5.74, 6) is 0.158. The first kappa shape index (κ1) is 13.4. The minimum Gasteiger partial charge on any atom is -0.389 e. The number of nitrogens with zero attached hydrogens (tertiary/aromatic N) is 2. The molecule has 1 heterocycles. The molecule has 0 spiro atoms. The lowest BCUT2D eigenvalue weighted by atomic mass is 10.1. The van der Waals surface area contributed by atoms with Crippen molar-refractivity contribution < 1.29 is 9.90 Å². The number of hydrogen-bond donors (Lipinski definition) is 2. The first-order valence-corrected chi connectivity index (χ1v) is 5.79. The second-order valence-corrected chi connectivity index (χ2v) is 5.00. The Kier molecular flexibility index (Phi) is 4.70. The van der Waals surface area contributed by atoms with E-state index in [0.717, 1.165) is 26.2 Å². The van der Waals surface area contributed by atoms with Crippen LogP contribution in [0.4, 0.5) is 0 Å². The van der Waals surface area contributed by atoms with Crippen molar-refractivity contribution in [2.45, 2.75) is 19.4 Å². The molecule has 0 aromatic heterocycles. The van der Waals surface area contributed by atoms with Crippen LogP contribution in [0.15, 0.2) is 0 Å². The van der Waals surface area contributed by atoms with Crippen LogP contribution < -0.4 is 5.32 Å². The molecule has 1 fully saturated rings. The summed E-state index contributed by atoms with van der Waals surface area (Å²) in [5, 5.41) is 12.6. The van der Waals surface area contributed by atoms with Crippen LogP contribution in [0, 0.1) is 0 Å². The van der Waals surface area contributed by atoms with Gasteiger partial charge in [-0.25, -0.2) is 0 Å². The smallest absolute Gasteiger partial charge is 0.236 e. The molecule has 0 aliphatic carbocycles. The van der Waals surface area contributed by atoms with E-state index in [1.165, 1.54) is 0 Å². The Labute approximate surface area is 97.4 Å². The van der Waals surface area contributed by atoms with Crippen LogP contribution in [-0.4, -0.2) is 72.7 Å². The number of aliphatic hydroxyl groups is 1. The van der Waals surface area contributed by atoms with Gasteiger partial charge in [-0.05, 0) is 20.9 Å². The van der Waals surface area contributed by atoms with Crippen molar-refractivity contribution in [3.8, 4) is 0 Å². The van der Waals surface area contributed by atoms with Crippen molar-refractivity contribution in [2.24, 2.45) is 0 Å². The maximum Gasteiger partial charge on any atom is 0.236 e. The first-order chi connectivity index (χ1) is 7.42. The van der Waals surface area contributed by atoms with Crippen molar-refractivity contribution in [3.63, 3.8) is 0 Å². The van der Waals surface area contributed by atoms with Gasteiger partial charge in [-0.3, -0.25) is 9.69 Å². The van der Waals surface area contributed by atoms with E-state index in [0.29, 0.717) is 13.1 Å². The van der Waals surface area contributed by atoms with Gasteiger partial charge in [0.25, 0.3) is 0 Å². The minimum absolute atomic E-state index is 0.158. The Morgan fingerprint density at radius 2 is 1.88 bits per heavy atom. The fourth-order valence-corrected chi connectivity index (χ4v) is 1.97. The molecule has 1 amide bonds. The Morgan fingerprint density at radius 3 is 2.31 bits per heavy atom. The normalized spacial score (nSPS) is 18.9. The molecule has 0 bridgehead atoms. The van der Waals surface area contributed by atoms with Crippen LogP contribution in [0.25, 0.3) is 0 Å². The maximum absolute atomic E-state index is 11.6. The number of carbonyl (C=O) groups is 1. The molecule has 0 aromatic carbocycles. The molecule has 5 nitrogen and oxygen atoms in total. The molecule has 94 valence electrons. The van der Waals surface area contributed by atoms with E-state index in [9.17, 15) is 9.90 Å². The van der Waals surface area contributed by atoms with E-state index < -0.39 is 5.60 Å². The van der Waals surface area contributed by atoms with E-state index in [1.54, 1.807) is 7.05 Å². The lowest BCUT2D eigenvalue weighted by molar-refractivity contribution is -0.132.